The minimum Gasteiger partial charge on any atom is -0.387 e. The van der Waals surface area contributed by atoms with Gasteiger partial charge in [-0.15, -0.1) is 0 Å². The third-order valence-electron chi connectivity index (χ3n) is 5.28. The number of amides is 1. The molecule has 5 atom stereocenters. The fraction of sp³-hybridized carbons (Fsp3) is 0.667. The first kappa shape index (κ1) is 26.2. The SMILES string of the molecule is CCCCCNC(=O)[C@H](C)Nc1nc2c(ncn2[C@@H]2O[C@H](COP(=O)(O)O)[C@@H](O)[C@H]2O)c(=O)[nH]1. The molecule has 1 aliphatic heterocycles. The molecule has 2 aromatic rings. The Balaban J connectivity index is 1.77. The number of ether oxygens (including phenoxy) is 1. The molecule has 0 aromatic carbocycles. The van der Waals surface area contributed by atoms with Crippen LogP contribution in [-0.2, 0) is 18.6 Å². The van der Waals surface area contributed by atoms with E-state index in [2.05, 4.69) is 37.0 Å². The molecule has 0 spiro atoms. The molecule has 16 heteroatoms. The van der Waals surface area contributed by atoms with E-state index in [4.69, 9.17) is 14.5 Å². The van der Waals surface area contributed by atoms with Gasteiger partial charge in [-0.25, -0.2) is 9.55 Å². The number of phosphoric acid groups is 1. The van der Waals surface area contributed by atoms with Crippen molar-refractivity contribution in [3.05, 3.63) is 16.7 Å². The van der Waals surface area contributed by atoms with E-state index in [9.17, 15) is 24.4 Å². The lowest BCUT2D eigenvalue weighted by molar-refractivity contribution is -0.121. The topological polar surface area (TPSA) is 221 Å². The van der Waals surface area contributed by atoms with Crippen molar-refractivity contribution in [1.82, 2.24) is 24.8 Å². The maximum Gasteiger partial charge on any atom is 0.469 e. The minimum absolute atomic E-state index is 0.00499. The van der Waals surface area contributed by atoms with Crippen LogP contribution >= 0.6 is 7.82 Å². The molecule has 7 N–H and O–H groups in total. The number of fused-ring (bicyclic) bond motifs is 1. The number of H-pyrrole nitrogens is 1. The molecule has 0 unspecified atom stereocenters. The maximum atomic E-state index is 12.5. The maximum absolute atomic E-state index is 12.5. The summed E-state index contributed by atoms with van der Waals surface area (Å²) in [6.45, 7) is 3.50. The molecule has 15 nitrogen and oxygen atoms in total. The number of nitrogens with one attached hydrogen (secondary N) is 3. The fourth-order valence-corrected chi connectivity index (χ4v) is 3.80. The second kappa shape index (κ2) is 10.9. The summed E-state index contributed by atoms with van der Waals surface area (Å²) in [4.78, 5) is 53.2. The van der Waals surface area contributed by atoms with Crippen molar-refractivity contribution < 1.29 is 38.6 Å². The first-order chi connectivity index (χ1) is 16.0. The number of aliphatic hydroxyl groups excluding tert-OH is 2. The summed E-state index contributed by atoms with van der Waals surface area (Å²) >= 11 is 0. The quantitative estimate of drug-likeness (QED) is 0.144. The summed E-state index contributed by atoms with van der Waals surface area (Å²) in [6.07, 6.45) is -1.56. The summed E-state index contributed by atoms with van der Waals surface area (Å²) in [5, 5.41) is 26.2. The zero-order chi connectivity index (χ0) is 25.0. The van der Waals surface area contributed by atoms with Crippen LogP contribution < -0.4 is 16.2 Å². The van der Waals surface area contributed by atoms with Crippen molar-refractivity contribution >= 4 is 30.8 Å². The number of carbonyl (C=O) groups is 1. The van der Waals surface area contributed by atoms with E-state index in [0.29, 0.717) is 6.54 Å². The van der Waals surface area contributed by atoms with Crippen molar-refractivity contribution in [3.8, 4) is 0 Å². The number of rotatable bonds is 11. The molecule has 0 aliphatic carbocycles. The Kier molecular flexibility index (Phi) is 8.41. The number of phosphoric ester groups is 1. The number of nitrogens with zero attached hydrogens (tertiary/aromatic N) is 3. The lowest BCUT2D eigenvalue weighted by atomic mass is 10.1. The molecule has 1 amide bonds. The van der Waals surface area contributed by atoms with Crippen LogP contribution in [0.4, 0.5) is 5.95 Å². The van der Waals surface area contributed by atoms with Crippen LogP contribution in [-0.4, -0.2) is 82.9 Å². The average Bonchev–Trinajstić information content (AvgIpc) is 3.30. The Morgan fingerprint density at radius 3 is 2.76 bits per heavy atom. The number of aromatic nitrogens is 4. The monoisotopic (exact) mass is 504 g/mol. The van der Waals surface area contributed by atoms with Crippen LogP contribution in [0.15, 0.2) is 11.1 Å². The molecule has 0 radical (unpaired) electrons. The van der Waals surface area contributed by atoms with E-state index in [1.165, 1.54) is 10.9 Å². The third kappa shape index (κ3) is 6.18. The number of unbranched alkanes of at least 4 members (excludes halogenated alkanes) is 2. The molecular formula is C18H29N6O9P. The van der Waals surface area contributed by atoms with E-state index in [-0.39, 0.29) is 23.0 Å². The summed E-state index contributed by atoms with van der Waals surface area (Å²) in [7, 11) is -4.82. The lowest BCUT2D eigenvalue weighted by Crippen LogP contribution is -2.38. The summed E-state index contributed by atoms with van der Waals surface area (Å²) < 4.78 is 22.0. The molecule has 1 aliphatic rings. The van der Waals surface area contributed by atoms with Crippen molar-refractivity contribution in [2.24, 2.45) is 0 Å². The molecular weight excluding hydrogens is 475 g/mol. The number of hydrogen-bond donors (Lipinski definition) is 7. The number of imidazole rings is 1. The van der Waals surface area contributed by atoms with Crippen LogP contribution in [0.1, 0.15) is 39.3 Å². The molecule has 2 aromatic heterocycles. The Labute approximate surface area is 193 Å². The number of aromatic amines is 1. The lowest BCUT2D eigenvalue weighted by Gasteiger charge is -2.17. The van der Waals surface area contributed by atoms with E-state index >= 15 is 0 Å². The van der Waals surface area contributed by atoms with Gasteiger partial charge in [0.25, 0.3) is 5.56 Å². The number of carbonyl (C=O) groups excluding carboxylic acids is 1. The van der Waals surface area contributed by atoms with Crippen molar-refractivity contribution in [2.75, 3.05) is 18.5 Å². The number of aliphatic hydroxyl groups is 2. The van der Waals surface area contributed by atoms with Gasteiger partial charge in [-0.2, -0.15) is 4.98 Å². The van der Waals surface area contributed by atoms with Gasteiger partial charge in [0.05, 0.1) is 12.9 Å². The largest absolute Gasteiger partial charge is 0.469 e. The van der Waals surface area contributed by atoms with Gasteiger partial charge in [-0.05, 0) is 13.3 Å². The molecule has 3 heterocycles. The van der Waals surface area contributed by atoms with Crippen molar-refractivity contribution in [1.29, 1.82) is 0 Å². The highest BCUT2D eigenvalue weighted by Crippen LogP contribution is 2.38. The highest BCUT2D eigenvalue weighted by atomic mass is 31.2. The predicted molar refractivity (Wildman–Crippen MR) is 118 cm³/mol. The van der Waals surface area contributed by atoms with Gasteiger partial charge >= 0.3 is 7.82 Å². The van der Waals surface area contributed by atoms with Gasteiger partial charge in [0.2, 0.25) is 11.9 Å². The van der Waals surface area contributed by atoms with Gasteiger partial charge in [0.1, 0.15) is 24.4 Å². The van der Waals surface area contributed by atoms with E-state index < -0.39 is 50.6 Å². The number of hydrogen-bond acceptors (Lipinski definition) is 10. The van der Waals surface area contributed by atoms with E-state index in [1.54, 1.807) is 6.92 Å². The summed E-state index contributed by atoms with van der Waals surface area (Å²) in [6, 6.07) is -0.720. The van der Waals surface area contributed by atoms with Crippen LogP contribution in [0.2, 0.25) is 0 Å². The van der Waals surface area contributed by atoms with Gasteiger partial charge in [0.15, 0.2) is 17.4 Å². The molecule has 0 bridgehead atoms. The number of anilines is 1. The Hall–Kier alpha value is -2.39. The van der Waals surface area contributed by atoms with E-state index in [1.807, 2.05) is 0 Å². The predicted octanol–water partition coefficient (Wildman–Crippen LogP) is -1.05. The second-order valence-electron chi connectivity index (χ2n) is 7.94. The van der Waals surface area contributed by atoms with Gasteiger partial charge in [-0.3, -0.25) is 23.7 Å². The van der Waals surface area contributed by atoms with Gasteiger partial charge in [0, 0.05) is 6.54 Å². The highest BCUT2D eigenvalue weighted by Gasteiger charge is 2.45. The summed E-state index contributed by atoms with van der Waals surface area (Å²) in [5.74, 6) is -0.303. The first-order valence-electron chi connectivity index (χ1n) is 10.7. The molecule has 0 saturated carbocycles. The second-order valence-corrected chi connectivity index (χ2v) is 9.17. The Morgan fingerprint density at radius 1 is 1.35 bits per heavy atom. The minimum atomic E-state index is -4.82. The van der Waals surface area contributed by atoms with Gasteiger partial charge < -0.3 is 35.4 Å². The molecule has 3 rings (SSSR count). The first-order valence-corrected chi connectivity index (χ1v) is 12.3. The van der Waals surface area contributed by atoms with Crippen LogP contribution in [0.3, 0.4) is 0 Å². The third-order valence-corrected chi connectivity index (χ3v) is 5.76. The molecule has 190 valence electrons. The fourth-order valence-electron chi connectivity index (χ4n) is 3.46. The normalized spacial score (nSPS) is 23.8. The Morgan fingerprint density at radius 2 is 2.09 bits per heavy atom. The van der Waals surface area contributed by atoms with Crippen LogP contribution in [0.25, 0.3) is 11.2 Å². The Bertz CT molecular complexity index is 1100. The average molecular weight is 504 g/mol. The van der Waals surface area contributed by atoms with Crippen LogP contribution in [0, 0.1) is 0 Å². The van der Waals surface area contributed by atoms with Crippen molar-refractivity contribution in [3.63, 3.8) is 0 Å². The van der Waals surface area contributed by atoms with E-state index in [0.717, 1.165) is 19.3 Å². The van der Waals surface area contributed by atoms with Gasteiger partial charge in [-0.1, -0.05) is 19.8 Å². The van der Waals surface area contributed by atoms with Crippen molar-refractivity contribution in [2.45, 2.75) is 63.7 Å². The smallest absolute Gasteiger partial charge is 0.387 e. The zero-order valence-electron chi connectivity index (χ0n) is 18.6. The van der Waals surface area contributed by atoms with Crippen LogP contribution in [0.5, 0.6) is 0 Å². The molecule has 34 heavy (non-hydrogen) atoms. The highest BCUT2D eigenvalue weighted by molar-refractivity contribution is 7.46. The standard InChI is InChI=1S/C18H29N6O9P/c1-3-4-5-6-19-15(27)9(2)21-18-22-14-11(16(28)23-18)20-8-24(14)17-13(26)12(25)10(33-17)7-32-34(29,30)31/h8-10,12-13,17,25-26H,3-7H2,1-2H3,(H,19,27)(H2,29,30,31)(H2,21,22,23,28)/t9-,10+,12+,13+,17+/m0/s1. The molecule has 1 saturated heterocycles. The summed E-state index contributed by atoms with van der Waals surface area (Å²) in [5.41, 5.74) is -0.701. The molecule has 1 fully saturated rings. The zero-order valence-corrected chi connectivity index (χ0v) is 19.5.